The van der Waals surface area contributed by atoms with Gasteiger partial charge in [-0.15, -0.1) is 0 Å². The van der Waals surface area contributed by atoms with Gasteiger partial charge in [-0.3, -0.25) is 0 Å². The highest BCUT2D eigenvalue weighted by Crippen LogP contribution is 2.43. The molecule has 3 aliphatic heterocycles. The summed E-state index contributed by atoms with van der Waals surface area (Å²) < 4.78 is 163. The third-order valence-electron chi connectivity index (χ3n) is 11.4. The van der Waals surface area contributed by atoms with Crippen LogP contribution in [0.1, 0.15) is 33.4 Å². The Kier molecular flexibility index (Phi) is 12.0. The summed E-state index contributed by atoms with van der Waals surface area (Å²) >= 11 is 0. The molecule has 0 unspecified atom stereocenters. The number of halogens is 12. The summed E-state index contributed by atoms with van der Waals surface area (Å²) in [5.74, 6) is 1.23. The molecule has 2 N–H and O–H groups in total. The van der Waals surface area contributed by atoms with Gasteiger partial charge in [0.25, 0.3) is 0 Å². The fourth-order valence-corrected chi connectivity index (χ4v) is 7.93. The summed E-state index contributed by atoms with van der Waals surface area (Å²) in [5.41, 5.74) is -0.392. The Morgan fingerprint density at radius 1 is 0.408 bits per heavy atom. The van der Waals surface area contributed by atoms with E-state index in [-0.39, 0.29) is 40.4 Å². The Hall–Kier alpha value is -8.36. The second kappa shape index (κ2) is 17.9. The number of anilines is 8. The normalized spacial score (nSPS) is 14.7. The SMILES string of the molecule is CNc1cc(N(c2ccc(C(F)(F)F)cc2)c2ccc(C(F)(F)F)cc2)ccc1C1=NC2=CC=CC3=NC(c4ccc(N(c5ccc(C(F)(F)F)cc5)c5ccc(C(F)(F)F)cc5)cc4NC)=NC(=N1)N23. The average molecular weight is 988 g/mol. The molecule has 9 nitrogen and oxygen atoms in total. The molecule has 0 radical (unpaired) electrons. The van der Waals surface area contributed by atoms with Crippen LogP contribution in [0.5, 0.6) is 0 Å². The molecule has 0 aliphatic carbocycles. The highest BCUT2D eigenvalue weighted by atomic mass is 19.4. The van der Waals surface area contributed by atoms with E-state index in [4.69, 9.17) is 20.0 Å². The number of hydrogen-bond donors (Lipinski definition) is 2. The van der Waals surface area contributed by atoms with Crippen molar-refractivity contribution in [2.75, 3.05) is 34.5 Å². The molecule has 3 heterocycles. The minimum absolute atomic E-state index is 0.134. The molecule has 71 heavy (non-hydrogen) atoms. The van der Waals surface area contributed by atoms with Gasteiger partial charge in [-0.1, -0.05) is 6.08 Å². The summed E-state index contributed by atoms with van der Waals surface area (Å²) in [6.45, 7) is 0. The number of hydrogen-bond acceptors (Lipinski definition) is 9. The smallest absolute Gasteiger partial charge is 0.387 e. The van der Waals surface area contributed by atoms with Crippen molar-refractivity contribution in [2.24, 2.45) is 20.0 Å². The number of amidine groups is 3. The van der Waals surface area contributed by atoms with Crippen LogP contribution in [0.15, 0.2) is 177 Å². The number of nitrogens with zero attached hydrogens (tertiary/aromatic N) is 7. The lowest BCUT2D eigenvalue weighted by atomic mass is 10.1. The number of rotatable bonds is 10. The first-order valence-electron chi connectivity index (χ1n) is 21.1. The zero-order valence-corrected chi connectivity index (χ0v) is 36.6. The van der Waals surface area contributed by atoms with E-state index in [1.807, 2.05) is 0 Å². The molecule has 6 aromatic carbocycles. The average Bonchev–Trinajstić information content (AvgIpc) is 3.33. The fourth-order valence-electron chi connectivity index (χ4n) is 7.93. The van der Waals surface area contributed by atoms with Crippen LogP contribution in [0.25, 0.3) is 0 Å². The third-order valence-corrected chi connectivity index (χ3v) is 11.4. The number of allylic oxidation sites excluding steroid dienone is 2. The van der Waals surface area contributed by atoms with E-state index in [1.54, 1.807) is 73.6 Å². The quantitative estimate of drug-likeness (QED) is 0.134. The summed E-state index contributed by atoms with van der Waals surface area (Å²) in [6, 6.07) is 26.4. The van der Waals surface area contributed by atoms with Crippen LogP contribution >= 0.6 is 0 Å². The molecule has 0 aromatic heterocycles. The van der Waals surface area contributed by atoms with Gasteiger partial charge in [0.05, 0.1) is 22.3 Å². The molecule has 362 valence electrons. The molecule has 9 rings (SSSR count). The minimum atomic E-state index is -4.64. The van der Waals surface area contributed by atoms with Gasteiger partial charge in [-0.2, -0.15) is 62.7 Å². The Labute approximate surface area is 395 Å². The second-order valence-electron chi connectivity index (χ2n) is 15.8. The topological polar surface area (TPSA) is 83.2 Å². The van der Waals surface area contributed by atoms with Crippen LogP contribution in [0.2, 0.25) is 0 Å². The summed E-state index contributed by atoms with van der Waals surface area (Å²) in [7, 11) is 3.21. The number of guanidine groups is 1. The van der Waals surface area contributed by atoms with Gasteiger partial charge in [-0.05, 0) is 146 Å². The van der Waals surface area contributed by atoms with Crippen molar-refractivity contribution in [1.29, 1.82) is 0 Å². The summed E-state index contributed by atoms with van der Waals surface area (Å²) in [4.78, 5) is 23.8. The van der Waals surface area contributed by atoms with E-state index >= 15 is 0 Å². The summed E-state index contributed by atoms with van der Waals surface area (Å²) in [5, 5.41) is 6.18. The predicted molar refractivity (Wildman–Crippen MR) is 248 cm³/mol. The molecule has 0 atom stereocenters. The number of nitrogens with one attached hydrogen (secondary N) is 2. The molecular formula is C50H33F12N9. The van der Waals surface area contributed by atoms with Crippen molar-refractivity contribution >= 4 is 69.0 Å². The van der Waals surface area contributed by atoms with E-state index in [9.17, 15) is 52.7 Å². The Bertz CT molecular complexity index is 2920. The van der Waals surface area contributed by atoms with Crippen LogP contribution in [0.3, 0.4) is 0 Å². The Morgan fingerprint density at radius 3 is 1.08 bits per heavy atom. The van der Waals surface area contributed by atoms with Crippen molar-refractivity contribution in [3.05, 3.63) is 191 Å². The maximum Gasteiger partial charge on any atom is 0.416 e. The van der Waals surface area contributed by atoms with Crippen molar-refractivity contribution < 1.29 is 52.7 Å². The van der Waals surface area contributed by atoms with E-state index in [0.29, 0.717) is 45.5 Å². The first-order chi connectivity index (χ1) is 33.6. The maximum absolute atomic E-state index is 13.6. The zero-order chi connectivity index (χ0) is 50.6. The van der Waals surface area contributed by atoms with Crippen LogP contribution in [0.4, 0.5) is 98.2 Å². The lowest BCUT2D eigenvalue weighted by Crippen LogP contribution is -2.41. The molecule has 3 aliphatic rings. The molecule has 0 fully saturated rings. The summed E-state index contributed by atoms with van der Waals surface area (Å²) in [6.07, 6.45) is -13.5. The molecule has 0 amide bonds. The Morgan fingerprint density at radius 2 is 0.746 bits per heavy atom. The molecule has 21 heteroatoms. The minimum Gasteiger partial charge on any atom is -0.387 e. The predicted octanol–water partition coefficient (Wildman–Crippen LogP) is 14.5. The monoisotopic (exact) mass is 987 g/mol. The lowest BCUT2D eigenvalue weighted by Gasteiger charge is -2.32. The van der Waals surface area contributed by atoms with Gasteiger partial charge in [0.2, 0.25) is 5.96 Å². The van der Waals surface area contributed by atoms with Crippen molar-refractivity contribution in [3.8, 4) is 0 Å². The first kappa shape index (κ1) is 47.7. The number of alkyl halides is 12. The Balaban J connectivity index is 1.09. The van der Waals surface area contributed by atoms with Gasteiger partial charge in [-0.25, -0.2) is 14.9 Å². The maximum atomic E-state index is 13.6. The van der Waals surface area contributed by atoms with Crippen LogP contribution in [-0.4, -0.2) is 42.5 Å². The molecule has 0 saturated heterocycles. The third kappa shape index (κ3) is 9.53. The van der Waals surface area contributed by atoms with Gasteiger partial charge in [0, 0.05) is 70.7 Å². The molecule has 0 spiro atoms. The van der Waals surface area contributed by atoms with Crippen LogP contribution in [0, 0.1) is 0 Å². The van der Waals surface area contributed by atoms with Crippen LogP contribution < -0.4 is 20.4 Å². The highest BCUT2D eigenvalue weighted by molar-refractivity contribution is 6.26. The first-order valence-corrected chi connectivity index (χ1v) is 21.1. The number of aliphatic imine (C=N–C) groups is 4. The van der Waals surface area contributed by atoms with Gasteiger partial charge >= 0.3 is 24.7 Å². The number of benzene rings is 6. The zero-order valence-electron chi connectivity index (χ0n) is 36.6. The van der Waals surface area contributed by atoms with E-state index < -0.39 is 47.0 Å². The van der Waals surface area contributed by atoms with Gasteiger partial charge in [0.1, 0.15) is 11.7 Å². The van der Waals surface area contributed by atoms with Gasteiger partial charge < -0.3 is 20.4 Å². The standard InChI is InChI=1S/C50H33F12N9/c1-63-40-26-36(69(32-14-6-28(7-15-32)47(51,52)53)33-16-8-29(9-17-33)48(54,55)56)22-24-38(40)44-65-42-4-3-5-43-66-45(68-46(67-44)71(42)43)39-25-23-37(27-41(39)64-2)70(34-18-10-30(11-19-34)49(57,58)59)35-20-12-31(13-21-35)50(60,61)62/h3-27,63-64H,1-2H3. The van der Waals surface area contributed by atoms with Crippen LogP contribution in [-0.2, 0) is 24.7 Å². The fraction of sp³-hybridized carbons (Fsp3) is 0.120. The van der Waals surface area contributed by atoms with Crippen molar-refractivity contribution in [2.45, 2.75) is 24.7 Å². The highest BCUT2D eigenvalue weighted by Gasteiger charge is 2.36. The van der Waals surface area contributed by atoms with Crippen molar-refractivity contribution in [3.63, 3.8) is 0 Å². The second-order valence-corrected chi connectivity index (χ2v) is 15.8. The van der Waals surface area contributed by atoms with Crippen molar-refractivity contribution in [1.82, 2.24) is 4.90 Å². The lowest BCUT2D eigenvalue weighted by molar-refractivity contribution is -0.138. The van der Waals surface area contributed by atoms with E-state index in [0.717, 1.165) is 48.5 Å². The van der Waals surface area contributed by atoms with E-state index in [1.165, 1.54) is 58.3 Å². The molecule has 6 aromatic rings. The molecule has 0 saturated carbocycles. The van der Waals surface area contributed by atoms with E-state index in [2.05, 4.69) is 10.6 Å². The molecular weight excluding hydrogens is 955 g/mol. The molecule has 0 bridgehead atoms. The largest absolute Gasteiger partial charge is 0.416 e. The van der Waals surface area contributed by atoms with Gasteiger partial charge in [0.15, 0.2) is 11.7 Å².